The van der Waals surface area contributed by atoms with Crippen LogP contribution in [0.4, 0.5) is 0 Å². The quantitative estimate of drug-likeness (QED) is 0.568. The van der Waals surface area contributed by atoms with Gasteiger partial charge in [-0.2, -0.15) is 0 Å². The van der Waals surface area contributed by atoms with E-state index in [1.807, 2.05) is 18.2 Å². The van der Waals surface area contributed by atoms with E-state index in [1.54, 1.807) is 0 Å². The van der Waals surface area contributed by atoms with Gasteiger partial charge in [0.2, 0.25) is 0 Å². The van der Waals surface area contributed by atoms with Gasteiger partial charge in [-0.25, -0.2) is 4.98 Å². The molecule has 0 aliphatic rings. The first-order chi connectivity index (χ1) is 10.8. The van der Waals surface area contributed by atoms with Crippen LogP contribution < -0.4 is 0 Å². The van der Waals surface area contributed by atoms with Crippen LogP contribution in [0.25, 0.3) is 23.2 Å². The first-order valence-electron chi connectivity index (χ1n) is 7.67. The number of para-hydroxylation sites is 2. The van der Waals surface area contributed by atoms with E-state index in [2.05, 4.69) is 69.9 Å². The molecule has 0 spiro atoms. The van der Waals surface area contributed by atoms with Gasteiger partial charge in [0.25, 0.3) is 0 Å². The molecule has 0 N–H and O–H groups in total. The number of aryl methyl sites for hydroxylation is 1. The molecule has 0 amide bonds. The lowest BCUT2D eigenvalue weighted by Crippen LogP contribution is -2.00. The van der Waals surface area contributed by atoms with E-state index in [0.717, 1.165) is 28.8 Å². The molecular formula is C19H19BrN2. The van der Waals surface area contributed by atoms with Crippen molar-refractivity contribution < 1.29 is 0 Å². The number of halogens is 1. The summed E-state index contributed by atoms with van der Waals surface area (Å²) in [5, 5.41) is 0. The first-order valence-corrected chi connectivity index (χ1v) is 8.46. The van der Waals surface area contributed by atoms with E-state index in [0.29, 0.717) is 0 Å². The van der Waals surface area contributed by atoms with Crippen LogP contribution in [0.5, 0.6) is 0 Å². The fourth-order valence-corrected chi connectivity index (χ4v) is 2.97. The molecule has 22 heavy (non-hydrogen) atoms. The van der Waals surface area contributed by atoms with Crippen LogP contribution in [0.1, 0.15) is 31.2 Å². The Hall–Kier alpha value is -1.87. The van der Waals surface area contributed by atoms with Crippen LogP contribution in [-0.2, 0) is 6.54 Å². The molecule has 112 valence electrons. The fraction of sp³-hybridized carbons (Fsp3) is 0.211. The summed E-state index contributed by atoms with van der Waals surface area (Å²) in [4.78, 5) is 4.77. The Morgan fingerprint density at radius 3 is 2.77 bits per heavy atom. The minimum absolute atomic E-state index is 1.01. The van der Waals surface area contributed by atoms with E-state index in [9.17, 15) is 0 Å². The second-order valence-corrected chi connectivity index (χ2v) is 6.27. The molecule has 2 nitrogen and oxygen atoms in total. The van der Waals surface area contributed by atoms with Crippen molar-refractivity contribution in [2.45, 2.75) is 26.3 Å². The van der Waals surface area contributed by atoms with Gasteiger partial charge >= 0.3 is 0 Å². The van der Waals surface area contributed by atoms with Gasteiger partial charge in [0.1, 0.15) is 5.82 Å². The lowest BCUT2D eigenvalue weighted by Gasteiger charge is -2.05. The molecule has 0 unspecified atom stereocenters. The van der Waals surface area contributed by atoms with Gasteiger partial charge in [0.05, 0.1) is 11.0 Å². The summed E-state index contributed by atoms with van der Waals surface area (Å²) < 4.78 is 3.40. The molecule has 0 radical (unpaired) electrons. The third kappa shape index (κ3) is 3.30. The number of aromatic nitrogens is 2. The van der Waals surface area contributed by atoms with Gasteiger partial charge in [0.15, 0.2) is 0 Å². The largest absolute Gasteiger partial charge is 0.324 e. The monoisotopic (exact) mass is 354 g/mol. The number of imidazole rings is 1. The predicted octanol–water partition coefficient (Wildman–Crippen LogP) is 5.77. The Balaban J connectivity index is 1.98. The summed E-state index contributed by atoms with van der Waals surface area (Å²) in [5.41, 5.74) is 3.45. The maximum atomic E-state index is 4.77. The van der Waals surface area contributed by atoms with Gasteiger partial charge in [-0.05, 0) is 42.3 Å². The van der Waals surface area contributed by atoms with E-state index in [-0.39, 0.29) is 0 Å². The van der Waals surface area contributed by atoms with Crippen molar-refractivity contribution in [1.82, 2.24) is 9.55 Å². The lowest BCUT2D eigenvalue weighted by molar-refractivity contribution is 0.641. The Bertz CT molecular complexity index is 802. The second-order valence-electron chi connectivity index (χ2n) is 5.35. The topological polar surface area (TPSA) is 17.8 Å². The zero-order chi connectivity index (χ0) is 15.4. The molecule has 0 aliphatic carbocycles. The molecule has 2 aromatic carbocycles. The molecule has 3 rings (SSSR count). The van der Waals surface area contributed by atoms with Gasteiger partial charge in [-0.1, -0.05) is 59.6 Å². The van der Waals surface area contributed by atoms with Crippen LogP contribution in [0, 0.1) is 0 Å². The Morgan fingerprint density at radius 2 is 1.95 bits per heavy atom. The average molecular weight is 355 g/mol. The molecular weight excluding hydrogens is 336 g/mol. The highest BCUT2D eigenvalue weighted by molar-refractivity contribution is 9.10. The summed E-state index contributed by atoms with van der Waals surface area (Å²) in [6.07, 6.45) is 6.57. The van der Waals surface area contributed by atoms with Crippen molar-refractivity contribution >= 4 is 39.1 Å². The highest BCUT2D eigenvalue weighted by Gasteiger charge is 2.07. The smallest absolute Gasteiger partial charge is 0.133 e. The third-order valence-electron chi connectivity index (χ3n) is 3.69. The van der Waals surface area contributed by atoms with Crippen molar-refractivity contribution in [3.05, 3.63) is 64.4 Å². The maximum Gasteiger partial charge on any atom is 0.133 e. The highest BCUT2D eigenvalue weighted by atomic mass is 79.9. The normalized spacial score (nSPS) is 11.5. The summed E-state index contributed by atoms with van der Waals surface area (Å²) >= 11 is 3.51. The molecule has 0 saturated heterocycles. The maximum absolute atomic E-state index is 4.77. The molecule has 1 aromatic heterocycles. The van der Waals surface area contributed by atoms with Crippen molar-refractivity contribution in [3.8, 4) is 0 Å². The van der Waals surface area contributed by atoms with Crippen molar-refractivity contribution in [2.24, 2.45) is 0 Å². The SMILES string of the molecule is CCCCn1c(C=Cc2cccc(Br)c2)nc2ccccc21. The van der Waals surface area contributed by atoms with Crippen LogP contribution in [0.3, 0.4) is 0 Å². The van der Waals surface area contributed by atoms with Gasteiger partial charge in [0, 0.05) is 11.0 Å². The molecule has 0 fully saturated rings. The number of unbranched alkanes of at least 4 members (excludes halogenated alkanes) is 1. The molecule has 0 bridgehead atoms. The van der Waals surface area contributed by atoms with Crippen LogP contribution >= 0.6 is 15.9 Å². The highest BCUT2D eigenvalue weighted by Crippen LogP contribution is 2.19. The summed E-state index contributed by atoms with van der Waals surface area (Å²) in [5.74, 6) is 1.02. The van der Waals surface area contributed by atoms with Crippen molar-refractivity contribution in [1.29, 1.82) is 0 Å². The second kappa shape index (κ2) is 6.93. The van der Waals surface area contributed by atoms with E-state index in [4.69, 9.17) is 4.98 Å². The predicted molar refractivity (Wildman–Crippen MR) is 97.7 cm³/mol. The zero-order valence-corrected chi connectivity index (χ0v) is 14.3. The molecule has 0 saturated carbocycles. The number of nitrogens with zero attached hydrogens (tertiary/aromatic N) is 2. The number of benzene rings is 2. The Kier molecular flexibility index (Phi) is 4.74. The Labute approximate surface area is 139 Å². The van der Waals surface area contributed by atoms with Gasteiger partial charge in [-0.3, -0.25) is 0 Å². The average Bonchev–Trinajstić information content (AvgIpc) is 2.88. The van der Waals surface area contributed by atoms with Crippen molar-refractivity contribution in [3.63, 3.8) is 0 Å². The molecule has 3 heteroatoms. The minimum Gasteiger partial charge on any atom is -0.324 e. The molecule has 0 aliphatic heterocycles. The number of hydrogen-bond donors (Lipinski definition) is 0. The van der Waals surface area contributed by atoms with E-state index < -0.39 is 0 Å². The summed E-state index contributed by atoms with van der Waals surface area (Å²) in [6, 6.07) is 16.6. The molecule has 0 atom stereocenters. The number of hydrogen-bond acceptors (Lipinski definition) is 1. The number of fused-ring (bicyclic) bond motifs is 1. The zero-order valence-electron chi connectivity index (χ0n) is 12.7. The first kappa shape index (κ1) is 15.0. The minimum atomic E-state index is 1.01. The molecule has 1 heterocycles. The van der Waals surface area contributed by atoms with E-state index in [1.165, 1.54) is 17.5 Å². The van der Waals surface area contributed by atoms with E-state index >= 15 is 0 Å². The van der Waals surface area contributed by atoms with Crippen LogP contribution in [-0.4, -0.2) is 9.55 Å². The summed E-state index contributed by atoms with van der Waals surface area (Å²) in [6.45, 7) is 3.23. The van der Waals surface area contributed by atoms with Gasteiger partial charge < -0.3 is 4.57 Å². The van der Waals surface area contributed by atoms with Crippen LogP contribution in [0.2, 0.25) is 0 Å². The van der Waals surface area contributed by atoms with Crippen LogP contribution in [0.15, 0.2) is 53.0 Å². The Morgan fingerprint density at radius 1 is 1.09 bits per heavy atom. The van der Waals surface area contributed by atoms with Gasteiger partial charge in [-0.15, -0.1) is 0 Å². The fourth-order valence-electron chi connectivity index (χ4n) is 2.55. The standard InChI is InChI=1S/C19H19BrN2/c1-2-3-13-22-18-10-5-4-9-17(18)21-19(22)12-11-15-7-6-8-16(20)14-15/h4-12,14H,2-3,13H2,1H3. The lowest BCUT2D eigenvalue weighted by atomic mass is 10.2. The summed E-state index contributed by atoms with van der Waals surface area (Å²) in [7, 11) is 0. The van der Waals surface area contributed by atoms with Crippen molar-refractivity contribution in [2.75, 3.05) is 0 Å². The third-order valence-corrected chi connectivity index (χ3v) is 4.19. The molecule has 3 aromatic rings. The number of rotatable bonds is 5.